The van der Waals surface area contributed by atoms with Gasteiger partial charge in [0.05, 0.1) is 11.6 Å². The standard InChI is InChI=1S/C16H14BrFN2/c1-10-3-14(17)4-11(2)16(10)20-9-13-5-12(8-19)6-15(18)7-13/h3-7,20H,9H2,1-2H3. The molecule has 2 nitrogen and oxygen atoms in total. The van der Waals surface area contributed by atoms with Gasteiger partial charge in [0.25, 0.3) is 0 Å². The Bertz CT molecular complexity index is 666. The third-order valence-corrected chi connectivity index (χ3v) is 3.51. The second-order valence-corrected chi connectivity index (χ2v) is 5.64. The van der Waals surface area contributed by atoms with Gasteiger partial charge < -0.3 is 5.32 Å². The summed E-state index contributed by atoms with van der Waals surface area (Å²) in [6, 6.07) is 10.4. The molecule has 0 aromatic heterocycles. The molecular formula is C16H14BrFN2. The third-order valence-electron chi connectivity index (χ3n) is 3.05. The number of halogens is 2. The first-order chi connectivity index (χ1) is 9.49. The van der Waals surface area contributed by atoms with Crippen molar-refractivity contribution in [2.45, 2.75) is 20.4 Å². The summed E-state index contributed by atoms with van der Waals surface area (Å²) >= 11 is 3.46. The van der Waals surface area contributed by atoms with Crippen LogP contribution in [0.3, 0.4) is 0 Å². The number of aryl methyl sites for hydroxylation is 2. The highest BCUT2D eigenvalue weighted by Crippen LogP contribution is 2.25. The van der Waals surface area contributed by atoms with Crippen molar-refractivity contribution in [1.82, 2.24) is 0 Å². The van der Waals surface area contributed by atoms with Gasteiger partial charge in [-0.2, -0.15) is 5.26 Å². The highest BCUT2D eigenvalue weighted by Gasteiger charge is 2.05. The summed E-state index contributed by atoms with van der Waals surface area (Å²) in [5.41, 5.74) is 4.37. The summed E-state index contributed by atoms with van der Waals surface area (Å²) in [5, 5.41) is 12.2. The molecule has 0 heterocycles. The number of rotatable bonds is 3. The van der Waals surface area contributed by atoms with E-state index in [0.717, 1.165) is 26.9 Å². The molecule has 0 atom stereocenters. The summed E-state index contributed by atoms with van der Waals surface area (Å²) in [5.74, 6) is -0.384. The molecule has 0 fully saturated rings. The summed E-state index contributed by atoms with van der Waals surface area (Å²) in [6.45, 7) is 4.52. The van der Waals surface area contributed by atoms with Crippen LogP contribution >= 0.6 is 15.9 Å². The Kier molecular flexibility index (Phi) is 4.41. The highest BCUT2D eigenvalue weighted by molar-refractivity contribution is 9.10. The van der Waals surface area contributed by atoms with Crippen molar-refractivity contribution in [3.8, 4) is 6.07 Å². The lowest BCUT2D eigenvalue weighted by Crippen LogP contribution is -2.03. The molecule has 0 aliphatic carbocycles. The fourth-order valence-electron chi connectivity index (χ4n) is 2.20. The molecule has 0 amide bonds. The third kappa shape index (κ3) is 3.37. The van der Waals surface area contributed by atoms with Crippen molar-refractivity contribution in [1.29, 1.82) is 5.26 Å². The first-order valence-electron chi connectivity index (χ1n) is 6.20. The zero-order valence-corrected chi connectivity index (χ0v) is 12.9. The van der Waals surface area contributed by atoms with Gasteiger partial charge in [-0.3, -0.25) is 0 Å². The van der Waals surface area contributed by atoms with E-state index in [1.54, 1.807) is 6.07 Å². The maximum Gasteiger partial charge on any atom is 0.124 e. The van der Waals surface area contributed by atoms with Gasteiger partial charge in [-0.05, 0) is 60.9 Å². The van der Waals surface area contributed by atoms with Crippen LogP contribution in [-0.2, 0) is 6.54 Å². The molecule has 1 N–H and O–H groups in total. The molecule has 0 aliphatic heterocycles. The van der Waals surface area contributed by atoms with Crippen LogP contribution in [0.25, 0.3) is 0 Å². The van der Waals surface area contributed by atoms with E-state index in [9.17, 15) is 4.39 Å². The lowest BCUT2D eigenvalue weighted by molar-refractivity contribution is 0.625. The number of hydrogen-bond acceptors (Lipinski definition) is 2. The van der Waals surface area contributed by atoms with Gasteiger partial charge in [0.1, 0.15) is 5.82 Å². The van der Waals surface area contributed by atoms with E-state index < -0.39 is 0 Å². The lowest BCUT2D eigenvalue weighted by atomic mass is 10.1. The Morgan fingerprint density at radius 2 is 1.80 bits per heavy atom. The van der Waals surface area contributed by atoms with E-state index in [-0.39, 0.29) is 5.82 Å². The number of nitriles is 1. The lowest BCUT2D eigenvalue weighted by Gasteiger charge is -2.13. The molecule has 4 heteroatoms. The Labute approximate surface area is 126 Å². The zero-order valence-electron chi connectivity index (χ0n) is 11.3. The topological polar surface area (TPSA) is 35.8 Å². The summed E-state index contributed by atoms with van der Waals surface area (Å²) in [6.07, 6.45) is 0. The molecule has 0 saturated heterocycles. The number of nitrogens with zero attached hydrogens (tertiary/aromatic N) is 1. The minimum absolute atomic E-state index is 0.339. The number of benzene rings is 2. The van der Waals surface area contributed by atoms with Gasteiger partial charge in [0, 0.05) is 16.7 Å². The van der Waals surface area contributed by atoms with Crippen LogP contribution in [0.2, 0.25) is 0 Å². The number of nitrogens with one attached hydrogen (secondary N) is 1. The first-order valence-corrected chi connectivity index (χ1v) is 6.99. The van der Waals surface area contributed by atoms with Crippen LogP contribution in [0.1, 0.15) is 22.3 Å². The Hall–Kier alpha value is -1.86. The minimum Gasteiger partial charge on any atom is -0.381 e. The number of anilines is 1. The van der Waals surface area contributed by atoms with Crippen molar-refractivity contribution in [3.63, 3.8) is 0 Å². The smallest absolute Gasteiger partial charge is 0.124 e. The average molecular weight is 333 g/mol. The van der Waals surface area contributed by atoms with Crippen molar-refractivity contribution in [2.24, 2.45) is 0 Å². The second-order valence-electron chi connectivity index (χ2n) is 4.73. The van der Waals surface area contributed by atoms with E-state index in [4.69, 9.17) is 5.26 Å². The van der Waals surface area contributed by atoms with E-state index in [2.05, 4.69) is 21.2 Å². The predicted molar refractivity (Wildman–Crippen MR) is 82.1 cm³/mol. The molecule has 0 radical (unpaired) electrons. The van der Waals surface area contributed by atoms with Gasteiger partial charge in [0.15, 0.2) is 0 Å². The Balaban J connectivity index is 2.21. The molecule has 102 valence electrons. The molecule has 0 saturated carbocycles. The summed E-state index contributed by atoms with van der Waals surface area (Å²) in [4.78, 5) is 0. The van der Waals surface area contributed by atoms with Gasteiger partial charge >= 0.3 is 0 Å². The van der Waals surface area contributed by atoms with Gasteiger partial charge in [-0.25, -0.2) is 4.39 Å². The van der Waals surface area contributed by atoms with E-state index in [0.29, 0.717) is 12.1 Å². The average Bonchev–Trinajstić information content (AvgIpc) is 2.36. The molecule has 20 heavy (non-hydrogen) atoms. The SMILES string of the molecule is Cc1cc(Br)cc(C)c1NCc1cc(F)cc(C#N)c1. The van der Waals surface area contributed by atoms with Crippen LogP contribution in [0, 0.1) is 31.0 Å². The van der Waals surface area contributed by atoms with Crippen LogP contribution < -0.4 is 5.32 Å². The van der Waals surface area contributed by atoms with E-state index in [1.165, 1.54) is 12.1 Å². The van der Waals surface area contributed by atoms with Crippen molar-refractivity contribution < 1.29 is 4.39 Å². The maximum atomic E-state index is 13.4. The fraction of sp³-hybridized carbons (Fsp3) is 0.188. The monoisotopic (exact) mass is 332 g/mol. The van der Waals surface area contributed by atoms with E-state index in [1.807, 2.05) is 32.0 Å². The minimum atomic E-state index is -0.384. The molecule has 2 rings (SSSR count). The summed E-state index contributed by atoms with van der Waals surface area (Å²) < 4.78 is 14.4. The van der Waals surface area contributed by atoms with Crippen LogP contribution in [-0.4, -0.2) is 0 Å². The van der Waals surface area contributed by atoms with Crippen LogP contribution in [0.4, 0.5) is 10.1 Å². The van der Waals surface area contributed by atoms with Crippen molar-refractivity contribution in [3.05, 3.63) is 62.9 Å². The number of hydrogen-bond donors (Lipinski definition) is 1. The highest BCUT2D eigenvalue weighted by atomic mass is 79.9. The molecule has 0 unspecified atom stereocenters. The molecule has 0 spiro atoms. The van der Waals surface area contributed by atoms with Crippen molar-refractivity contribution >= 4 is 21.6 Å². The van der Waals surface area contributed by atoms with Gasteiger partial charge in [-0.15, -0.1) is 0 Å². The molecule has 2 aromatic carbocycles. The normalized spacial score (nSPS) is 10.2. The van der Waals surface area contributed by atoms with Gasteiger partial charge in [0.2, 0.25) is 0 Å². The Morgan fingerprint density at radius 1 is 1.15 bits per heavy atom. The maximum absolute atomic E-state index is 13.4. The zero-order chi connectivity index (χ0) is 14.7. The molecule has 0 bridgehead atoms. The van der Waals surface area contributed by atoms with Crippen LogP contribution in [0.5, 0.6) is 0 Å². The molecule has 0 aliphatic rings. The quantitative estimate of drug-likeness (QED) is 0.885. The second kappa shape index (κ2) is 6.06. The molecule has 2 aromatic rings. The van der Waals surface area contributed by atoms with Crippen LogP contribution in [0.15, 0.2) is 34.8 Å². The predicted octanol–water partition coefficient (Wildman–Crippen LogP) is 4.69. The summed E-state index contributed by atoms with van der Waals surface area (Å²) in [7, 11) is 0. The largest absolute Gasteiger partial charge is 0.381 e. The first kappa shape index (κ1) is 14.5. The molecular weight excluding hydrogens is 319 g/mol. The Morgan fingerprint density at radius 3 is 2.40 bits per heavy atom. The van der Waals surface area contributed by atoms with E-state index >= 15 is 0 Å². The van der Waals surface area contributed by atoms with Crippen molar-refractivity contribution in [2.75, 3.05) is 5.32 Å². The van der Waals surface area contributed by atoms with Gasteiger partial charge in [-0.1, -0.05) is 15.9 Å². The fourth-order valence-corrected chi connectivity index (χ4v) is 2.88.